The number of ether oxygens (including phenoxy) is 2. The fraction of sp³-hybridized carbons (Fsp3) is 0.458. The standard InChI is InChI=1S/C24H27ClN4O4/c25-17-2-3-19-20(13-17)28-22(27-19)16-1-4-21(26-14-16)29-9-5-18(6-10-29)33-15-24(23(30)31)7-11-32-12-8-24/h1-4,13-14,18H,5-12,15H2,(H,27,28)(H,30,31). The van der Waals surface area contributed by atoms with Gasteiger partial charge in [0.15, 0.2) is 0 Å². The summed E-state index contributed by atoms with van der Waals surface area (Å²) >= 11 is 6.07. The van der Waals surface area contributed by atoms with Gasteiger partial charge in [-0.3, -0.25) is 4.79 Å². The lowest BCUT2D eigenvalue weighted by atomic mass is 9.81. The van der Waals surface area contributed by atoms with Crippen LogP contribution in [0.4, 0.5) is 5.82 Å². The van der Waals surface area contributed by atoms with E-state index in [4.69, 9.17) is 21.1 Å². The number of pyridine rings is 1. The van der Waals surface area contributed by atoms with Crippen LogP contribution in [0.5, 0.6) is 0 Å². The number of aliphatic carboxylic acids is 1. The minimum Gasteiger partial charge on any atom is -0.481 e. The van der Waals surface area contributed by atoms with Gasteiger partial charge in [0.25, 0.3) is 0 Å². The zero-order chi connectivity index (χ0) is 22.8. The minimum absolute atomic E-state index is 0.0713. The number of halogens is 1. The molecule has 2 saturated heterocycles. The van der Waals surface area contributed by atoms with Gasteiger partial charge in [0, 0.05) is 43.1 Å². The Bertz CT molecular complexity index is 1120. The summed E-state index contributed by atoms with van der Waals surface area (Å²) in [6.07, 6.45) is 4.62. The summed E-state index contributed by atoms with van der Waals surface area (Å²) in [7, 11) is 0. The summed E-state index contributed by atoms with van der Waals surface area (Å²) in [6.45, 7) is 2.87. The molecule has 2 fully saturated rings. The second-order valence-electron chi connectivity index (χ2n) is 8.85. The number of rotatable bonds is 6. The third-order valence-electron chi connectivity index (χ3n) is 6.73. The van der Waals surface area contributed by atoms with Gasteiger partial charge in [-0.25, -0.2) is 9.97 Å². The van der Waals surface area contributed by atoms with Crippen molar-refractivity contribution in [3.8, 4) is 11.4 Å². The largest absolute Gasteiger partial charge is 0.481 e. The number of nitrogens with zero attached hydrogens (tertiary/aromatic N) is 3. The summed E-state index contributed by atoms with van der Waals surface area (Å²) in [5.41, 5.74) is 1.87. The number of piperidine rings is 1. The van der Waals surface area contributed by atoms with E-state index in [0.29, 0.717) is 31.1 Å². The SMILES string of the molecule is O=C(O)C1(COC2CCN(c3ccc(-c4nc5ccc(Cl)cc5[nH]4)cn3)CC2)CCOCC1. The molecule has 174 valence electrons. The van der Waals surface area contributed by atoms with Crippen molar-refractivity contribution in [2.45, 2.75) is 31.8 Å². The molecule has 0 saturated carbocycles. The third-order valence-corrected chi connectivity index (χ3v) is 6.97. The fourth-order valence-corrected chi connectivity index (χ4v) is 4.71. The van der Waals surface area contributed by atoms with Crippen LogP contribution in [0.3, 0.4) is 0 Å². The first-order valence-corrected chi connectivity index (χ1v) is 11.7. The molecular weight excluding hydrogens is 444 g/mol. The van der Waals surface area contributed by atoms with Crippen molar-refractivity contribution >= 4 is 34.4 Å². The molecule has 2 aliphatic heterocycles. The van der Waals surface area contributed by atoms with Crippen LogP contribution in [-0.4, -0.2) is 65.0 Å². The summed E-state index contributed by atoms with van der Waals surface area (Å²) in [5.74, 6) is 0.904. The number of hydrogen-bond acceptors (Lipinski definition) is 6. The average Bonchev–Trinajstić information content (AvgIpc) is 3.27. The van der Waals surface area contributed by atoms with Crippen molar-refractivity contribution in [1.82, 2.24) is 15.0 Å². The lowest BCUT2D eigenvalue weighted by molar-refractivity contribution is -0.163. The van der Waals surface area contributed by atoms with Gasteiger partial charge in [-0.2, -0.15) is 0 Å². The van der Waals surface area contributed by atoms with E-state index in [2.05, 4.69) is 19.9 Å². The molecule has 2 aliphatic rings. The molecular formula is C24H27ClN4O4. The number of nitrogens with one attached hydrogen (secondary N) is 1. The van der Waals surface area contributed by atoms with Crippen LogP contribution in [0.1, 0.15) is 25.7 Å². The maximum atomic E-state index is 11.8. The Balaban J connectivity index is 1.17. The van der Waals surface area contributed by atoms with E-state index < -0.39 is 11.4 Å². The summed E-state index contributed by atoms with van der Waals surface area (Å²) in [6, 6.07) is 9.62. The number of carboxylic acid groups (broad SMARTS) is 1. The lowest BCUT2D eigenvalue weighted by Crippen LogP contribution is -2.44. The summed E-state index contributed by atoms with van der Waals surface area (Å²) < 4.78 is 11.4. The second-order valence-corrected chi connectivity index (χ2v) is 9.28. The van der Waals surface area contributed by atoms with Gasteiger partial charge in [0.2, 0.25) is 0 Å². The molecule has 8 nitrogen and oxygen atoms in total. The molecule has 0 bridgehead atoms. The zero-order valence-corrected chi connectivity index (χ0v) is 19.1. The quantitative estimate of drug-likeness (QED) is 0.558. The van der Waals surface area contributed by atoms with Gasteiger partial charge < -0.3 is 24.5 Å². The third kappa shape index (κ3) is 4.69. The smallest absolute Gasteiger partial charge is 0.312 e. The number of H-pyrrole nitrogens is 1. The van der Waals surface area contributed by atoms with Crippen molar-refractivity contribution in [3.05, 3.63) is 41.6 Å². The van der Waals surface area contributed by atoms with Crippen LogP contribution >= 0.6 is 11.6 Å². The molecule has 2 aromatic heterocycles. The highest BCUT2D eigenvalue weighted by atomic mass is 35.5. The molecule has 0 atom stereocenters. The molecule has 1 aromatic carbocycles. The van der Waals surface area contributed by atoms with Crippen molar-refractivity contribution in [2.75, 3.05) is 37.8 Å². The molecule has 33 heavy (non-hydrogen) atoms. The van der Waals surface area contributed by atoms with Gasteiger partial charge in [-0.15, -0.1) is 0 Å². The molecule has 9 heteroatoms. The van der Waals surface area contributed by atoms with Gasteiger partial charge in [-0.05, 0) is 56.0 Å². The summed E-state index contributed by atoms with van der Waals surface area (Å²) in [5, 5.41) is 10.4. The van der Waals surface area contributed by atoms with Crippen molar-refractivity contribution in [1.29, 1.82) is 0 Å². The molecule has 0 spiro atoms. The second kappa shape index (κ2) is 9.29. The van der Waals surface area contributed by atoms with Crippen molar-refractivity contribution in [3.63, 3.8) is 0 Å². The Kier molecular flexibility index (Phi) is 6.23. The highest BCUT2D eigenvalue weighted by Gasteiger charge is 2.41. The molecule has 0 unspecified atom stereocenters. The van der Waals surface area contributed by atoms with Crippen LogP contribution in [0, 0.1) is 5.41 Å². The number of carbonyl (C=O) groups is 1. The van der Waals surface area contributed by atoms with E-state index in [0.717, 1.165) is 54.2 Å². The molecule has 2 N–H and O–H groups in total. The first-order valence-electron chi connectivity index (χ1n) is 11.3. The number of hydrogen-bond donors (Lipinski definition) is 2. The Labute approximate surface area is 196 Å². The highest BCUT2D eigenvalue weighted by molar-refractivity contribution is 6.31. The highest BCUT2D eigenvalue weighted by Crippen LogP contribution is 2.33. The van der Waals surface area contributed by atoms with Crippen molar-refractivity contribution in [2.24, 2.45) is 5.41 Å². The fourth-order valence-electron chi connectivity index (χ4n) is 4.54. The van der Waals surface area contributed by atoms with E-state index in [-0.39, 0.29) is 12.7 Å². The number of benzene rings is 1. The molecule has 0 amide bonds. The predicted octanol–water partition coefficient (Wildman–Crippen LogP) is 4.15. The zero-order valence-electron chi connectivity index (χ0n) is 18.3. The van der Waals surface area contributed by atoms with Crippen molar-refractivity contribution < 1.29 is 19.4 Å². The molecule has 5 rings (SSSR count). The maximum absolute atomic E-state index is 11.8. The lowest BCUT2D eigenvalue weighted by Gasteiger charge is -2.37. The molecule has 4 heterocycles. The number of aromatic nitrogens is 3. The van der Waals surface area contributed by atoms with Crippen LogP contribution in [0.25, 0.3) is 22.4 Å². The van der Waals surface area contributed by atoms with Crippen LogP contribution in [-0.2, 0) is 14.3 Å². The Morgan fingerprint density at radius 2 is 2.03 bits per heavy atom. The van der Waals surface area contributed by atoms with Crippen LogP contribution < -0.4 is 4.90 Å². The van der Waals surface area contributed by atoms with E-state index in [1.165, 1.54) is 0 Å². The number of imidazole rings is 1. The van der Waals surface area contributed by atoms with Gasteiger partial charge in [0.05, 0.1) is 29.2 Å². The normalized spacial score (nSPS) is 19.1. The van der Waals surface area contributed by atoms with E-state index in [1.54, 1.807) is 0 Å². The molecule has 0 radical (unpaired) electrons. The monoisotopic (exact) mass is 470 g/mol. The van der Waals surface area contributed by atoms with E-state index in [1.807, 2.05) is 36.5 Å². The van der Waals surface area contributed by atoms with Crippen LogP contribution in [0.2, 0.25) is 5.02 Å². The topological polar surface area (TPSA) is 101 Å². The first-order chi connectivity index (χ1) is 16.0. The Morgan fingerprint density at radius 3 is 2.73 bits per heavy atom. The van der Waals surface area contributed by atoms with Gasteiger partial charge >= 0.3 is 5.97 Å². The predicted molar refractivity (Wildman–Crippen MR) is 126 cm³/mol. The van der Waals surface area contributed by atoms with Gasteiger partial charge in [0.1, 0.15) is 11.6 Å². The minimum atomic E-state index is -0.811. The van der Waals surface area contributed by atoms with Crippen LogP contribution in [0.15, 0.2) is 36.5 Å². The summed E-state index contributed by atoms with van der Waals surface area (Å²) in [4.78, 5) is 26.6. The Hall–Kier alpha value is -2.68. The molecule has 3 aromatic rings. The average molecular weight is 471 g/mol. The Morgan fingerprint density at radius 1 is 1.24 bits per heavy atom. The van der Waals surface area contributed by atoms with E-state index in [9.17, 15) is 9.90 Å². The maximum Gasteiger partial charge on any atom is 0.312 e. The number of carboxylic acids is 1. The number of aromatic amines is 1. The number of fused-ring (bicyclic) bond motifs is 1. The van der Waals surface area contributed by atoms with Gasteiger partial charge in [-0.1, -0.05) is 11.6 Å². The van der Waals surface area contributed by atoms with E-state index >= 15 is 0 Å². The molecule has 0 aliphatic carbocycles. The first kappa shape index (κ1) is 22.1. The number of anilines is 1.